The van der Waals surface area contributed by atoms with Crippen molar-refractivity contribution >= 4 is 18.3 Å². The second kappa shape index (κ2) is 8.66. The van der Waals surface area contributed by atoms with Gasteiger partial charge in [-0.25, -0.2) is 0 Å². The van der Waals surface area contributed by atoms with Crippen LogP contribution in [0.4, 0.5) is 5.69 Å². The fourth-order valence-corrected chi connectivity index (χ4v) is 4.21. The number of halogens is 1. The zero-order valence-corrected chi connectivity index (χ0v) is 20.5. The summed E-state index contributed by atoms with van der Waals surface area (Å²) in [5, 5.41) is 0. The molecule has 0 aliphatic carbocycles. The molecule has 0 atom stereocenters. The number of nitrogens with zero attached hydrogens (tertiary/aromatic N) is 2. The van der Waals surface area contributed by atoms with Gasteiger partial charge in [-0.15, -0.1) is 0 Å². The highest BCUT2D eigenvalue weighted by Crippen LogP contribution is 2.36. The summed E-state index contributed by atoms with van der Waals surface area (Å²) >= 11 is 0. The van der Waals surface area contributed by atoms with Gasteiger partial charge in [-0.2, -0.15) is 0 Å². The summed E-state index contributed by atoms with van der Waals surface area (Å²) in [6.45, 7) is 14.0. The molecule has 0 radical (unpaired) electrons. The zero-order valence-electron chi connectivity index (χ0n) is 18.9. The van der Waals surface area contributed by atoms with Gasteiger partial charge in [0.05, 0.1) is 44.4 Å². The molecule has 2 aromatic rings. The molecule has 2 aromatic carbocycles. The van der Waals surface area contributed by atoms with Gasteiger partial charge in [0.1, 0.15) is 6.54 Å². The lowest BCUT2D eigenvalue weighted by Gasteiger charge is -2.43. The third kappa shape index (κ3) is 4.77. The first-order valence-electron chi connectivity index (χ1n) is 10.8. The van der Waals surface area contributed by atoms with Gasteiger partial charge < -0.3 is 35.7 Å². The Morgan fingerprint density at radius 1 is 0.867 bits per heavy atom. The normalized spacial score (nSPS) is 21.9. The molecule has 162 valence electrons. The van der Waals surface area contributed by atoms with Crippen molar-refractivity contribution in [2.75, 3.05) is 38.1 Å². The van der Waals surface area contributed by atoms with Gasteiger partial charge in [0.25, 0.3) is 0 Å². The van der Waals surface area contributed by atoms with E-state index in [0.29, 0.717) is 0 Å². The van der Waals surface area contributed by atoms with Crippen molar-refractivity contribution in [3.8, 4) is 0 Å². The molecule has 4 nitrogen and oxygen atoms in total. The highest BCUT2D eigenvalue weighted by atomic mass is 79.9. The Kier molecular flexibility index (Phi) is 6.73. The van der Waals surface area contributed by atoms with Crippen LogP contribution in [0, 0.1) is 0 Å². The number of rotatable bonds is 4. The number of anilines is 1. The van der Waals surface area contributed by atoms with Crippen LogP contribution < -0.4 is 27.3 Å². The first kappa shape index (κ1) is 23.3. The highest BCUT2D eigenvalue weighted by Gasteiger charge is 2.51. The summed E-state index contributed by atoms with van der Waals surface area (Å²) in [6.07, 6.45) is 0. The van der Waals surface area contributed by atoms with E-state index in [4.69, 9.17) is 9.31 Å². The van der Waals surface area contributed by atoms with Crippen molar-refractivity contribution in [2.45, 2.75) is 45.4 Å². The van der Waals surface area contributed by atoms with Crippen LogP contribution in [-0.2, 0) is 15.9 Å². The Balaban J connectivity index is 0.00000256. The van der Waals surface area contributed by atoms with E-state index in [-0.39, 0.29) is 35.3 Å². The number of likely N-dealkylation sites (N-methyl/N-ethyl adjacent to an activating group) is 1. The second-order valence-electron chi connectivity index (χ2n) is 9.88. The third-order valence-electron chi connectivity index (χ3n) is 7.01. The van der Waals surface area contributed by atoms with Gasteiger partial charge in [-0.05, 0) is 45.3 Å². The molecule has 0 bridgehead atoms. The smallest absolute Gasteiger partial charge is 0.494 e. The second-order valence-corrected chi connectivity index (χ2v) is 9.88. The minimum atomic E-state index is -0.301. The van der Waals surface area contributed by atoms with Crippen molar-refractivity contribution in [1.82, 2.24) is 0 Å². The molecule has 2 aliphatic heterocycles. The SMILES string of the molecule is CC1(C)OB(c2ccc(N3CC[N+](C)(Cc4ccccc4)CC3)cc2)OC1(C)C.[Br-]. The summed E-state index contributed by atoms with van der Waals surface area (Å²) in [7, 11) is 2.09. The average molecular weight is 473 g/mol. The quantitative estimate of drug-likeness (QED) is 0.476. The van der Waals surface area contributed by atoms with Crippen LogP contribution in [-0.4, -0.2) is 56.0 Å². The number of piperazine rings is 1. The van der Waals surface area contributed by atoms with Gasteiger partial charge >= 0.3 is 7.12 Å². The Morgan fingerprint density at radius 2 is 1.40 bits per heavy atom. The van der Waals surface area contributed by atoms with Crippen LogP contribution in [0.15, 0.2) is 54.6 Å². The molecule has 0 saturated carbocycles. The number of quaternary nitrogens is 1. The topological polar surface area (TPSA) is 21.7 Å². The largest absolute Gasteiger partial charge is 1.00 e. The van der Waals surface area contributed by atoms with E-state index in [1.165, 1.54) is 11.3 Å². The predicted octanol–water partition coefficient (Wildman–Crippen LogP) is 0.457. The summed E-state index contributed by atoms with van der Waals surface area (Å²) in [6, 6.07) is 19.6. The maximum atomic E-state index is 6.18. The van der Waals surface area contributed by atoms with Gasteiger partial charge in [0.15, 0.2) is 0 Å². The van der Waals surface area contributed by atoms with Crippen LogP contribution >= 0.6 is 0 Å². The molecule has 0 N–H and O–H groups in total. The van der Waals surface area contributed by atoms with Crippen LogP contribution in [0.1, 0.15) is 33.3 Å². The average Bonchev–Trinajstić information content (AvgIpc) is 2.90. The first-order chi connectivity index (χ1) is 13.7. The van der Waals surface area contributed by atoms with Crippen molar-refractivity contribution in [3.05, 3.63) is 60.2 Å². The standard InChI is InChI=1S/C24H34BN2O2.BrH/c1-23(2)24(3,4)29-25(28-23)21-11-13-22(14-12-21)26-15-17-27(5,18-16-26)19-20-9-7-6-8-10-20;/h6-14H,15-19H2,1-5H3;1H/q+1;/p-1. The molecule has 2 fully saturated rings. The molecule has 0 spiro atoms. The van der Waals surface area contributed by atoms with Crippen molar-refractivity contribution < 1.29 is 30.8 Å². The summed E-state index contributed by atoms with van der Waals surface area (Å²) in [4.78, 5) is 2.50. The van der Waals surface area contributed by atoms with Gasteiger partial charge in [0.2, 0.25) is 0 Å². The molecular weight excluding hydrogens is 439 g/mol. The minimum Gasteiger partial charge on any atom is -1.00 e. The lowest BCUT2D eigenvalue weighted by molar-refractivity contribution is -0.923. The van der Waals surface area contributed by atoms with Crippen LogP contribution in [0.5, 0.6) is 0 Å². The number of benzene rings is 2. The van der Waals surface area contributed by atoms with Crippen LogP contribution in [0.3, 0.4) is 0 Å². The zero-order chi connectivity index (χ0) is 20.7. The Hall–Kier alpha value is -1.34. The summed E-state index contributed by atoms with van der Waals surface area (Å²) < 4.78 is 13.5. The lowest BCUT2D eigenvalue weighted by atomic mass is 9.79. The molecule has 0 unspecified atom stereocenters. The van der Waals surface area contributed by atoms with E-state index in [0.717, 1.165) is 42.7 Å². The molecule has 0 aromatic heterocycles. The molecule has 0 amide bonds. The fraction of sp³-hybridized carbons (Fsp3) is 0.500. The Labute approximate surface area is 192 Å². The van der Waals surface area contributed by atoms with Crippen molar-refractivity contribution in [3.63, 3.8) is 0 Å². The predicted molar refractivity (Wildman–Crippen MR) is 120 cm³/mol. The van der Waals surface area contributed by atoms with E-state index in [1.807, 2.05) is 0 Å². The molecule has 2 saturated heterocycles. The van der Waals surface area contributed by atoms with E-state index < -0.39 is 0 Å². The third-order valence-corrected chi connectivity index (χ3v) is 7.01. The molecule has 4 rings (SSSR count). The van der Waals surface area contributed by atoms with Gasteiger partial charge in [0, 0.05) is 11.3 Å². The fourth-order valence-electron chi connectivity index (χ4n) is 4.21. The maximum Gasteiger partial charge on any atom is 0.494 e. The van der Waals surface area contributed by atoms with Crippen molar-refractivity contribution in [1.29, 1.82) is 0 Å². The molecule has 2 heterocycles. The van der Waals surface area contributed by atoms with E-state index in [1.54, 1.807) is 0 Å². The van der Waals surface area contributed by atoms with Gasteiger partial charge in [-0.3, -0.25) is 0 Å². The summed E-state index contributed by atoms with van der Waals surface area (Å²) in [5.74, 6) is 0. The lowest BCUT2D eigenvalue weighted by Crippen LogP contribution is -3.00. The summed E-state index contributed by atoms with van der Waals surface area (Å²) in [5.41, 5.74) is 3.20. The monoisotopic (exact) mass is 472 g/mol. The van der Waals surface area contributed by atoms with E-state index >= 15 is 0 Å². The Morgan fingerprint density at radius 3 is 1.93 bits per heavy atom. The Bertz CT molecular complexity index is 818. The van der Waals surface area contributed by atoms with Gasteiger partial charge in [-0.1, -0.05) is 42.5 Å². The van der Waals surface area contributed by atoms with Crippen LogP contribution in [0.25, 0.3) is 0 Å². The van der Waals surface area contributed by atoms with Crippen LogP contribution in [0.2, 0.25) is 0 Å². The maximum absolute atomic E-state index is 6.18. The molecule has 2 aliphatic rings. The molecule has 6 heteroatoms. The van der Waals surface area contributed by atoms with Crippen molar-refractivity contribution in [2.24, 2.45) is 0 Å². The molecular formula is C24H34BBrN2O2. The van der Waals surface area contributed by atoms with E-state index in [2.05, 4.69) is 94.2 Å². The number of hydrogen-bond acceptors (Lipinski definition) is 3. The number of hydrogen-bond donors (Lipinski definition) is 0. The highest BCUT2D eigenvalue weighted by molar-refractivity contribution is 6.62. The minimum absolute atomic E-state index is 0. The first-order valence-corrected chi connectivity index (χ1v) is 10.8. The van der Waals surface area contributed by atoms with E-state index in [9.17, 15) is 0 Å². The molecule has 30 heavy (non-hydrogen) atoms.